The van der Waals surface area contributed by atoms with E-state index in [4.69, 9.17) is 0 Å². The third kappa shape index (κ3) is 3.88. The second kappa shape index (κ2) is 7.49. The predicted octanol–water partition coefficient (Wildman–Crippen LogP) is 3.84. The molecular formula is C21H18F3N3O3. The minimum absolute atomic E-state index is 0.352. The van der Waals surface area contributed by atoms with Crippen molar-refractivity contribution in [1.29, 1.82) is 0 Å². The number of aromatic nitrogens is 2. The summed E-state index contributed by atoms with van der Waals surface area (Å²) in [6.07, 6.45) is -2.12. The van der Waals surface area contributed by atoms with Crippen molar-refractivity contribution >= 4 is 0 Å². The number of benzene rings is 2. The number of phenolic OH excluding ortho intramolecular Hbond substituents is 3. The molecule has 0 unspecified atom stereocenters. The van der Waals surface area contributed by atoms with Crippen molar-refractivity contribution in [3.63, 3.8) is 0 Å². The van der Waals surface area contributed by atoms with Crippen LogP contribution in [0.2, 0.25) is 0 Å². The summed E-state index contributed by atoms with van der Waals surface area (Å²) >= 11 is 0. The number of hydrogen-bond acceptors (Lipinski definition) is 6. The molecule has 0 bridgehead atoms. The van der Waals surface area contributed by atoms with E-state index in [-0.39, 0.29) is 11.5 Å². The number of aromatic hydroxyl groups is 3. The molecule has 4 rings (SSSR count). The topological polar surface area (TPSA) is 89.7 Å². The fourth-order valence-corrected chi connectivity index (χ4v) is 3.44. The molecule has 0 atom stereocenters. The van der Waals surface area contributed by atoms with Crippen LogP contribution in [0.25, 0.3) is 11.4 Å². The van der Waals surface area contributed by atoms with E-state index in [1.165, 1.54) is 18.2 Å². The SMILES string of the molecule is Oc1ccc(CN2CCc3nc(-c4ccc(C(F)(F)F)cc4)ncc3C2)c(O)c1O. The van der Waals surface area contributed by atoms with Crippen LogP contribution in [0.3, 0.4) is 0 Å². The molecule has 0 amide bonds. The predicted molar refractivity (Wildman–Crippen MR) is 102 cm³/mol. The molecule has 156 valence electrons. The summed E-state index contributed by atoms with van der Waals surface area (Å²) in [6.45, 7) is 1.51. The lowest BCUT2D eigenvalue weighted by Gasteiger charge is -2.28. The van der Waals surface area contributed by atoms with Crippen LogP contribution >= 0.6 is 0 Å². The Morgan fingerprint density at radius 2 is 1.70 bits per heavy atom. The molecule has 30 heavy (non-hydrogen) atoms. The van der Waals surface area contributed by atoms with E-state index in [2.05, 4.69) is 9.97 Å². The lowest BCUT2D eigenvalue weighted by Crippen LogP contribution is -2.31. The number of alkyl halides is 3. The molecule has 0 aliphatic carbocycles. The van der Waals surface area contributed by atoms with Crippen molar-refractivity contribution in [1.82, 2.24) is 14.9 Å². The van der Waals surface area contributed by atoms with E-state index >= 15 is 0 Å². The first kappa shape index (κ1) is 20.0. The molecule has 1 aliphatic rings. The van der Waals surface area contributed by atoms with Crippen molar-refractivity contribution in [2.45, 2.75) is 25.7 Å². The van der Waals surface area contributed by atoms with Crippen molar-refractivity contribution in [2.24, 2.45) is 0 Å². The van der Waals surface area contributed by atoms with Gasteiger partial charge < -0.3 is 15.3 Å². The molecule has 0 spiro atoms. The first-order valence-corrected chi connectivity index (χ1v) is 9.20. The zero-order valence-corrected chi connectivity index (χ0v) is 15.7. The van der Waals surface area contributed by atoms with Gasteiger partial charge in [-0.25, -0.2) is 9.97 Å². The van der Waals surface area contributed by atoms with Crippen LogP contribution in [0.1, 0.15) is 22.4 Å². The zero-order valence-electron chi connectivity index (χ0n) is 15.7. The van der Waals surface area contributed by atoms with Crippen molar-refractivity contribution in [2.75, 3.05) is 6.54 Å². The first-order chi connectivity index (χ1) is 14.2. The highest BCUT2D eigenvalue weighted by Crippen LogP contribution is 2.38. The highest BCUT2D eigenvalue weighted by molar-refractivity contribution is 5.56. The second-order valence-corrected chi connectivity index (χ2v) is 7.14. The standard InChI is InChI=1S/C21H18F3N3O3/c22-21(23,24)15-4-1-12(2-5-15)20-25-9-14-11-27(8-7-16(14)26-20)10-13-3-6-17(28)19(30)18(13)29/h1-6,9,28-30H,7-8,10-11H2. The lowest BCUT2D eigenvalue weighted by molar-refractivity contribution is -0.137. The van der Waals surface area contributed by atoms with Crippen molar-refractivity contribution in [3.05, 3.63) is 65.0 Å². The Kier molecular flexibility index (Phi) is 4.98. The molecule has 2 aromatic carbocycles. The highest BCUT2D eigenvalue weighted by Gasteiger charge is 2.30. The minimum Gasteiger partial charge on any atom is -0.504 e. The van der Waals surface area contributed by atoms with E-state index in [0.29, 0.717) is 43.0 Å². The van der Waals surface area contributed by atoms with Gasteiger partial charge in [0.2, 0.25) is 5.75 Å². The van der Waals surface area contributed by atoms with E-state index in [1.807, 2.05) is 4.90 Å². The van der Waals surface area contributed by atoms with Gasteiger partial charge in [-0.1, -0.05) is 18.2 Å². The molecule has 3 aromatic rings. The number of halogens is 3. The Morgan fingerprint density at radius 1 is 0.967 bits per heavy atom. The van der Waals surface area contributed by atoms with Gasteiger partial charge in [-0.2, -0.15) is 13.2 Å². The van der Waals surface area contributed by atoms with E-state index < -0.39 is 17.5 Å². The van der Waals surface area contributed by atoms with Crippen LogP contribution in [0, 0.1) is 0 Å². The maximum atomic E-state index is 12.7. The summed E-state index contributed by atoms with van der Waals surface area (Å²) in [6, 6.07) is 7.62. The number of phenols is 3. The number of fused-ring (bicyclic) bond motifs is 1. The molecule has 2 heterocycles. The third-order valence-corrected chi connectivity index (χ3v) is 5.09. The monoisotopic (exact) mass is 417 g/mol. The molecule has 3 N–H and O–H groups in total. The highest BCUT2D eigenvalue weighted by atomic mass is 19.4. The molecule has 0 saturated carbocycles. The molecule has 6 nitrogen and oxygen atoms in total. The van der Waals surface area contributed by atoms with Gasteiger partial charge in [0.25, 0.3) is 0 Å². The fourth-order valence-electron chi connectivity index (χ4n) is 3.44. The smallest absolute Gasteiger partial charge is 0.416 e. The van der Waals surface area contributed by atoms with Crippen molar-refractivity contribution in [3.8, 4) is 28.6 Å². The molecular weight excluding hydrogens is 399 g/mol. The van der Waals surface area contributed by atoms with E-state index in [0.717, 1.165) is 23.4 Å². The Labute approximate surface area is 169 Å². The summed E-state index contributed by atoms with van der Waals surface area (Å²) in [5.41, 5.74) is 1.99. The van der Waals surface area contributed by atoms with Gasteiger partial charge in [0.05, 0.1) is 11.3 Å². The van der Waals surface area contributed by atoms with Crippen LogP contribution < -0.4 is 0 Å². The third-order valence-electron chi connectivity index (χ3n) is 5.09. The number of hydrogen-bond donors (Lipinski definition) is 3. The maximum Gasteiger partial charge on any atom is 0.416 e. The summed E-state index contributed by atoms with van der Waals surface area (Å²) in [7, 11) is 0. The Morgan fingerprint density at radius 3 is 2.40 bits per heavy atom. The molecule has 0 radical (unpaired) electrons. The van der Waals surface area contributed by atoms with Gasteiger partial charge in [-0.15, -0.1) is 0 Å². The lowest BCUT2D eigenvalue weighted by atomic mass is 10.0. The zero-order chi connectivity index (χ0) is 21.5. The molecule has 1 aromatic heterocycles. The summed E-state index contributed by atoms with van der Waals surface area (Å²) < 4.78 is 38.2. The first-order valence-electron chi connectivity index (χ1n) is 9.20. The van der Waals surface area contributed by atoms with Gasteiger partial charge in [-0.05, 0) is 18.2 Å². The average Bonchev–Trinajstić information content (AvgIpc) is 2.73. The maximum absolute atomic E-state index is 12.7. The normalized spacial score (nSPS) is 14.5. The second-order valence-electron chi connectivity index (χ2n) is 7.14. The van der Waals surface area contributed by atoms with Gasteiger partial charge >= 0.3 is 6.18 Å². The molecule has 0 saturated heterocycles. The fraction of sp³-hybridized carbons (Fsp3) is 0.238. The molecule has 1 aliphatic heterocycles. The van der Waals surface area contributed by atoms with Crippen molar-refractivity contribution < 1.29 is 28.5 Å². The Balaban J connectivity index is 1.50. The van der Waals surface area contributed by atoms with E-state index in [9.17, 15) is 28.5 Å². The quantitative estimate of drug-likeness (QED) is 0.561. The van der Waals surface area contributed by atoms with Gasteiger partial charge in [0.15, 0.2) is 17.3 Å². The molecule has 9 heteroatoms. The minimum atomic E-state index is -4.39. The summed E-state index contributed by atoms with van der Waals surface area (Å²) in [4.78, 5) is 10.9. The Hall–Kier alpha value is -3.33. The van der Waals surface area contributed by atoms with E-state index in [1.54, 1.807) is 12.3 Å². The van der Waals surface area contributed by atoms with Crippen LogP contribution in [0.4, 0.5) is 13.2 Å². The molecule has 0 fully saturated rings. The van der Waals surface area contributed by atoms with Crippen LogP contribution in [-0.2, 0) is 25.7 Å². The van der Waals surface area contributed by atoms with Gasteiger partial charge in [-0.3, -0.25) is 4.90 Å². The van der Waals surface area contributed by atoms with Crippen LogP contribution in [-0.4, -0.2) is 36.7 Å². The largest absolute Gasteiger partial charge is 0.504 e. The van der Waals surface area contributed by atoms with Gasteiger partial charge in [0.1, 0.15) is 0 Å². The number of nitrogens with zero attached hydrogens (tertiary/aromatic N) is 3. The average molecular weight is 417 g/mol. The van der Waals surface area contributed by atoms with Crippen LogP contribution in [0.5, 0.6) is 17.2 Å². The number of rotatable bonds is 3. The van der Waals surface area contributed by atoms with Gasteiger partial charge in [0, 0.05) is 48.9 Å². The Bertz CT molecular complexity index is 1090. The summed E-state index contributed by atoms with van der Waals surface area (Å²) in [5, 5.41) is 29.1. The summed E-state index contributed by atoms with van der Waals surface area (Å²) in [5.74, 6) is -0.911. The van der Waals surface area contributed by atoms with Crippen LogP contribution in [0.15, 0.2) is 42.6 Å².